The van der Waals surface area contributed by atoms with Crippen LogP contribution in [0.4, 0.5) is 0 Å². The molecule has 8 rings (SSSR count). The van der Waals surface area contributed by atoms with Gasteiger partial charge < -0.3 is 15.4 Å². The molecular formula is C41H42Cl2N6O3S. The van der Waals surface area contributed by atoms with Gasteiger partial charge in [-0.3, -0.25) is 19.5 Å². The average Bonchev–Trinajstić information content (AvgIpc) is 3.94. The SMILES string of the molecule is COc1nc(-c2cccc(-c3cccc(Cc4nccc5sc(CN6CCC7(CNC(=O)C7)C6)nc45)c3Cl)c2Cl)cc(C)c1CCC[C@@H]1CCC(=O)N1. The standard InChI is InChI=1S/C41H42Cl2N6O3S/c1-24-18-31(47-40(52-2)27(24)8-4-7-26-12-13-34(50)46-26)30-11-5-10-29(38(30)43)28-9-3-6-25(37(28)42)19-32-39-33(14-16-44-32)53-36(48-39)21-49-17-15-41(23-49)20-35(51)45-22-41/h3,5-6,9-11,14,16,18,26H,4,7-8,12-13,15,17,19-23H2,1-2H3,(H,45,51)(H,46,50)/t26-,41?/m1/s1. The number of aromatic nitrogens is 3. The number of carbonyl (C=O) groups is 2. The first-order chi connectivity index (χ1) is 25.7. The minimum atomic E-state index is 0.0643. The molecule has 1 spiro atoms. The highest BCUT2D eigenvalue weighted by Crippen LogP contribution is 2.42. The van der Waals surface area contributed by atoms with Crippen LogP contribution in [-0.2, 0) is 29.0 Å². The second kappa shape index (κ2) is 15.0. The molecule has 9 nitrogen and oxygen atoms in total. The van der Waals surface area contributed by atoms with Crippen molar-refractivity contribution in [1.29, 1.82) is 0 Å². The fourth-order valence-electron chi connectivity index (χ4n) is 8.29. The molecule has 2 amide bonds. The molecule has 0 bridgehead atoms. The topological polar surface area (TPSA) is 109 Å². The van der Waals surface area contributed by atoms with Crippen LogP contribution in [-0.4, -0.2) is 64.5 Å². The summed E-state index contributed by atoms with van der Waals surface area (Å²) < 4.78 is 6.89. The van der Waals surface area contributed by atoms with Gasteiger partial charge in [0.05, 0.1) is 39.8 Å². The van der Waals surface area contributed by atoms with Gasteiger partial charge >= 0.3 is 0 Å². The van der Waals surface area contributed by atoms with Crippen molar-refractivity contribution in [3.05, 3.63) is 92.2 Å². The minimum Gasteiger partial charge on any atom is -0.481 e. The van der Waals surface area contributed by atoms with E-state index in [9.17, 15) is 9.59 Å². The number of methoxy groups -OCH3 is 1. The highest BCUT2D eigenvalue weighted by molar-refractivity contribution is 7.18. The lowest BCUT2D eigenvalue weighted by molar-refractivity contribution is -0.120. The summed E-state index contributed by atoms with van der Waals surface area (Å²) in [5, 5.41) is 8.32. The molecule has 0 saturated carbocycles. The molecule has 6 heterocycles. The third kappa shape index (κ3) is 7.39. The highest BCUT2D eigenvalue weighted by Gasteiger charge is 2.43. The first-order valence-corrected chi connectivity index (χ1v) is 19.9. The smallest absolute Gasteiger partial charge is 0.220 e. The van der Waals surface area contributed by atoms with Crippen LogP contribution < -0.4 is 15.4 Å². The summed E-state index contributed by atoms with van der Waals surface area (Å²) >= 11 is 16.1. The molecule has 2 N–H and O–H groups in total. The maximum Gasteiger partial charge on any atom is 0.220 e. The Balaban J connectivity index is 1.01. The van der Waals surface area contributed by atoms with E-state index in [-0.39, 0.29) is 23.3 Å². The fourth-order valence-corrected chi connectivity index (χ4v) is 9.93. The van der Waals surface area contributed by atoms with Crippen LogP contribution in [0.1, 0.15) is 65.9 Å². The number of pyridine rings is 2. The van der Waals surface area contributed by atoms with E-state index in [1.54, 1.807) is 18.4 Å². The van der Waals surface area contributed by atoms with E-state index in [4.69, 9.17) is 42.9 Å². The fraction of sp³-hybridized carbons (Fsp3) is 0.390. The Morgan fingerprint density at radius 1 is 1.04 bits per heavy atom. The summed E-state index contributed by atoms with van der Waals surface area (Å²) in [6, 6.07) is 16.3. The van der Waals surface area contributed by atoms with Gasteiger partial charge in [-0.05, 0) is 68.8 Å². The van der Waals surface area contributed by atoms with Gasteiger partial charge in [0.15, 0.2) is 0 Å². The van der Waals surface area contributed by atoms with Gasteiger partial charge in [-0.1, -0.05) is 59.6 Å². The number of amides is 2. The first-order valence-electron chi connectivity index (χ1n) is 18.3. The number of aryl methyl sites for hydroxylation is 1. The minimum absolute atomic E-state index is 0.0643. The Kier molecular flexibility index (Phi) is 10.1. The number of rotatable bonds is 11. The molecule has 3 saturated heterocycles. The van der Waals surface area contributed by atoms with Crippen molar-refractivity contribution in [3.8, 4) is 28.3 Å². The molecule has 3 aliphatic rings. The van der Waals surface area contributed by atoms with Gasteiger partial charge in [0.25, 0.3) is 0 Å². The van der Waals surface area contributed by atoms with Gasteiger partial charge in [-0.15, -0.1) is 11.3 Å². The zero-order valence-corrected chi connectivity index (χ0v) is 32.3. The molecule has 3 aliphatic heterocycles. The molecule has 2 atom stereocenters. The van der Waals surface area contributed by atoms with Crippen molar-refractivity contribution in [1.82, 2.24) is 30.5 Å². The summed E-state index contributed by atoms with van der Waals surface area (Å²) in [6.07, 6.45) is 8.23. The Hall–Kier alpha value is -4.09. The molecule has 1 unspecified atom stereocenters. The Bertz CT molecular complexity index is 2230. The number of fused-ring (bicyclic) bond motifs is 1. The Labute approximate surface area is 323 Å². The van der Waals surface area contributed by atoms with Crippen LogP contribution >= 0.6 is 34.5 Å². The molecular weight excluding hydrogens is 727 g/mol. The van der Waals surface area contributed by atoms with Crippen molar-refractivity contribution in [2.24, 2.45) is 5.41 Å². The molecule has 53 heavy (non-hydrogen) atoms. The Morgan fingerprint density at radius 3 is 2.62 bits per heavy atom. The Morgan fingerprint density at radius 2 is 1.85 bits per heavy atom. The van der Waals surface area contributed by atoms with Crippen molar-refractivity contribution in [2.75, 3.05) is 26.7 Å². The monoisotopic (exact) mass is 768 g/mol. The van der Waals surface area contributed by atoms with Crippen LogP contribution in [0.5, 0.6) is 5.88 Å². The summed E-state index contributed by atoms with van der Waals surface area (Å²) in [5.41, 5.74) is 8.15. The van der Waals surface area contributed by atoms with E-state index in [1.807, 2.05) is 48.7 Å². The molecule has 5 aromatic rings. The molecule has 2 aromatic carbocycles. The summed E-state index contributed by atoms with van der Waals surface area (Å²) in [5.74, 6) is 0.903. The number of hydrogen-bond donors (Lipinski definition) is 2. The molecule has 0 radical (unpaired) electrons. The van der Waals surface area contributed by atoms with E-state index >= 15 is 0 Å². The number of thiazole rings is 1. The predicted molar refractivity (Wildman–Crippen MR) is 211 cm³/mol. The van der Waals surface area contributed by atoms with Crippen LogP contribution in [0.2, 0.25) is 10.0 Å². The average molecular weight is 770 g/mol. The zero-order chi connectivity index (χ0) is 36.7. The first kappa shape index (κ1) is 35.9. The van der Waals surface area contributed by atoms with E-state index in [1.165, 1.54) is 0 Å². The normalized spacial score (nSPS) is 20.1. The van der Waals surface area contributed by atoms with Crippen molar-refractivity contribution >= 4 is 56.6 Å². The van der Waals surface area contributed by atoms with Crippen molar-refractivity contribution < 1.29 is 14.3 Å². The van der Waals surface area contributed by atoms with Crippen LogP contribution in [0, 0.1) is 12.3 Å². The molecule has 0 aliphatic carbocycles. The second-order valence-corrected chi connectivity index (χ2v) is 16.6. The molecule has 3 aromatic heterocycles. The number of nitrogens with zero attached hydrogens (tertiary/aromatic N) is 4. The van der Waals surface area contributed by atoms with Crippen molar-refractivity contribution in [2.45, 2.75) is 70.9 Å². The van der Waals surface area contributed by atoms with E-state index < -0.39 is 0 Å². The highest BCUT2D eigenvalue weighted by atomic mass is 35.5. The van der Waals surface area contributed by atoms with E-state index in [0.717, 1.165) is 118 Å². The van der Waals surface area contributed by atoms with Crippen molar-refractivity contribution in [3.63, 3.8) is 0 Å². The number of benzene rings is 2. The van der Waals surface area contributed by atoms with Crippen LogP contribution in [0.3, 0.4) is 0 Å². The number of likely N-dealkylation sites (tertiary alicyclic amines) is 1. The van der Waals surface area contributed by atoms with Gasteiger partial charge in [0.1, 0.15) is 10.5 Å². The quantitative estimate of drug-likeness (QED) is 0.140. The lowest BCUT2D eigenvalue weighted by Gasteiger charge is -2.21. The zero-order valence-electron chi connectivity index (χ0n) is 29.9. The number of ether oxygens (including phenoxy) is 1. The molecule has 3 fully saturated rings. The van der Waals surface area contributed by atoms with E-state index in [0.29, 0.717) is 35.2 Å². The van der Waals surface area contributed by atoms with Gasteiger partial charge in [0, 0.05) is 72.3 Å². The lowest BCUT2D eigenvalue weighted by Crippen LogP contribution is -2.28. The lowest BCUT2D eigenvalue weighted by atomic mass is 9.86. The van der Waals surface area contributed by atoms with Gasteiger partial charge in [0.2, 0.25) is 17.7 Å². The second-order valence-electron chi connectivity index (χ2n) is 14.8. The molecule has 274 valence electrons. The molecule has 12 heteroatoms. The number of halogens is 2. The maximum atomic E-state index is 11.9. The summed E-state index contributed by atoms with van der Waals surface area (Å²) in [7, 11) is 1.65. The van der Waals surface area contributed by atoms with Gasteiger partial charge in [-0.2, -0.15) is 0 Å². The predicted octanol–water partition coefficient (Wildman–Crippen LogP) is 7.95. The maximum absolute atomic E-state index is 11.9. The van der Waals surface area contributed by atoms with Gasteiger partial charge in [-0.25, -0.2) is 9.97 Å². The van der Waals surface area contributed by atoms with Crippen LogP contribution in [0.15, 0.2) is 54.7 Å². The third-order valence-corrected chi connectivity index (χ3v) is 12.9. The van der Waals surface area contributed by atoms with Crippen LogP contribution in [0.25, 0.3) is 32.6 Å². The summed E-state index contributed by atoms with van der Waals surface area (Å²) in [6.45, 7) is 5.51. The largest absolute Gasteiger partial charge is 0.481 e. The van der Waals surface area contributed by atoms with E-state index in [2.05, 4.69) is 28.5 Å². The number of hydrogen-bond acceptors (Lipinski definition) is 8. The summed E-state index contributed by atoms with van der Waals surface area (Å²) in [4.78, 5) is 40.7. The third-order valence-electron chi connectivity index (χ3n) is 11.1. The number of carbonyl (C=O) groups excluding carboxylic acids is 2. The number of nitrogens with one attached hydrogen (secondary N) is 2.